The van der Waals surface area contributed by atoms with Gasteiger partial charge in [-0.3, -0.25) is 19.2 Å². The minimum Gasteiger partial charge on any atom is -0.480 e. The molecular formula is C30H49N7O8. The number of nitrogens with one attached hydrogen (secondary N) is 5. The molecule has 1 rings (SSSR count). The maximum atomic E-state index is 13.5. The highest BCUT2D eigenvalue weighted by molar-refractivity contribution is 5.95. The predicted molar refractivity (Wildman–Crippen MR) is 166 cm³/mol. The van der Waals surface area contributed by atoms with Crippen LogP contribution >= 0.6 is 0 Å². The number of hydrogen-bond acceptors (Lipinski definition) is 8. The van der Waals surface area contributed by atoms with Crippen LogP contribution in [-0.4, -0.2) is 89.2 Å². The molecular weight excluding hydrogens is 586 g/mol. The van der Waals surface area contributed by atoms with Crippen molar-refractivity contribution in [2.24, 2.45) is 23.3 Å². The largest absolute Gasteiger partial charge is 0.480 e. The van der Waals surface area contributed by atoms with Crippen LogP contribution < -0.4 is 38.1 Å². The number of rotatable bonds is 20. The average Bonchev–Trinajstić information content (AvgIpc) is 2.96. The third-order valence-electron chi connectivity index (χ3n) is 6.71. The van der Waals surface area contributed by atoms with E-state index in [1.165, 1.54) is 0 Å². The van der Waals surface area contributed by atoms with Crippen molar-refractivity contribution < 1.29 is 39.0 Å². The molecule has 45 heavy (non-hydrogen) atoms. The topological polar surface area (TPSA) is 255 Å². The Kier molecular flexibility index (Phi) is 17.2. The van der Waals surface area contributed by atoms with Gasteiger partial charge in [0.1, 0.15) is 30.2 Å². The number of carboxylic acids is 1. The van der Waals surface area contributed by atoms with Crippen LogP contribution in [0.1, 0.15) is 58.9 Å². The number of benzene rings is 1. The first-order chi connectivity index (χ1) is 21.1. The number of urea groups is 1. The number of nitrogens with two attached hydrogens (primary N) is 2. The number of aliphatic carboxylic acids is 1. The molecule has 0 aromatic heterocycles. The number of carboxylic acid groups (broad SMARTS) is 1. The van der Waals surface area contributed by atoms with E-state index in [0.717, 1.165) is 5.56 Å². The van der Waals surface area contributed by atoms with Gasteiger partial charge in [-0.1, -0.05) is 58.0 Å². The van der Waals surface area contributed by atoms with Crippen LogP contribution in [0.3, 0.4) is 0 Å². The van der Waals surface area contributed by atoms with Gasteiger partial charge in [-0.15, -0.1) is 0 Å². The Balaban J connectivity index is 3.14. The number of aliphatic hydroxyl groups is 1. The van der Waals surface area contributed by atoms with E-state index in [2.05, 4.69) is 26.6 Å². The number of carbonyl (C=O) groups is 6. The summed E-state index contributed by atoms with van der Waals surface area (Å²) in [5, 5.41) is 31.6. The first-order valence-corrected chi connectivity index (χ1v) is 15.0. The van der Waals surface area contributed by atoms with Crippen LogP contribution in [0.4, 0.5) is 4.79 Å². The smallest absolute Gasteiger partial charge is 0.326 e. The molecule has 1 aromatic carbocycles. The fourth-order valence-electron chi connectivity index (χ4n) is 4.42. The normalized spacial score (nSPS) is 14.4. The van der Waals surface area contributed by atoms with Crippen LogP contribution in [0.25, 0.3) is 0 Å². The lowest BCUT2D eigenvalue weighted by Crippen LogP contribution is -2.59. The van der Waals surface area contributed by atoms with Crippen molar-refractivity contribution in [3.8, 4) is 0 Å². The van der Waals surface area contributed by atoms with E-state index in [-0.39, 0.29) is 50.5 Å². The van der Waals surface area contributed by atoms with Gasteiger partial charge in [0.2, 0.25) is 23.6 Å². The van der Waals surface area contributed by atoms with Crippen molar-refractivity contribution in [1.82, 2.24) is 26.6 Å². The van der Waals surface area contributed by atoms with E-state index in [1.54, 1.807) is 30.3 Å². The molecule has 0 unspecified atom stereocenters. The van der Waals surface area contributed by atoms with Crippen molar-refractivity contribution in [3.63, 3.8) is 0 Å². The molecule has 1 aromatic rings. The Morgan fingerprint density at radius 2 is 1.20 bits per heavy atom. The molecule has 0 aliphatic heterocycles. The van der Waals surface area contributed by atoms with Crippen LogP contribution in [0.15, 0.2) is 30.3 Å². The molecule has 252 valence electrons. The summed E-state index contributed by atoms with van der Waals surface area (Å²) in [6.45, 7) is 6.85. The molecule has 0 bridgehead atoms. The highest BCUT2D eigenvalue weighted by atomic mass is 16.4. The maximum Gasteiger partial charge on any atom is 0.326 e. The van der Waals surface area contributed by atoms with Gasteiger partial charge in [0.05, 0.1) is 6.61 Å². The van der Waals surface area contributed by atoms with E-state index in [1.807, 2.05) is 27.7 Å². The molecule has 15 heteroatoms. The number of primary amides is 1. The second-order valence-corrected chi connectivity index (χ2v) is 11.8. The Morgan fingerprint density at radius 3 is 1.64 bits per heavy atom. The highest BCUT2D eigenvalue weighted by Gasteiger charge is 2.32. The monoisotopic (exact) mass is 635 g/mol. The van der Waals surface area contributed by atoms with Gasteiger partial charge in [0.25, 0.3) is 0 Å². The third kappa shape index (κ3) is 15.4. The van der Waals surface area contributed by atoms with Crippen LogP contribution in [0, 0.1) is 11.8 Å². The standard InChI is InChI=1S/C30H49N7O8/c1-17(2)13-22(26(40)34-21(29(43)44)11-8-12-33-30(32)45)36-27(41)23(14-18(3)4)37-28(42)24(35-25(39)20(31)16-38)15-19-9-6-5-7-10-19/h5-7,9-10,17-18,20-24,38H,8,11-16,31H2,1-4H3,(H,34,40)(H,35,39)(H,36,41)(H,37,42)(H,43,44)(H3,32,33,45)/t20-,21-,22-,23-,24-/m0/s1. The zero-order chi connectivity index (χ0) is 34.1. The van der Waals surface area contributed by atoms with E-state index in [9.17, 15) is 39.0 Å². The van der Waals surface area contributed by atoms with Gasteiger partial charge < -0.3 is 48.3 Å². The lowest BCUT2D eigenvalue weighted by molar-refractivity contribution is -0.142. The molecule has 0 saturated carbocycles. The second-order valence-electron chi connectivity index (χ2n) is 11.8. The Hall–Kier alpha value is -4.24. The quantitative estimate of drug-likeness (QED) is 0.0805. The summed E-state index contributed by atoms with van der Waals surface area (Å²) >= 11 is 0. The minimum atomic E-state index is -1.28. The molecule has 0 radical (unpaired) electrons. The molecule has 11 N–H and O–H groups in total. The van der Waals surface area contributed by atoms with Crippen molar-refractivity contribution in [2.45, 2.75) is 90.0 Å². The lowest BCUT2D eigenvalue weighted by Gasteiger charge is -2.28. The van der Waals surface area contributed by atoms with Gasteiger partial charge >= 0.3 is 12.0 Å². The van der Waals surface area contributed by atoms with Crippen LogP contribution in [0.5, 0.6) is 0 Å². The SMILES string of the molecule is CC(C)C[C@H](NC(=O)[C@H](CC(C)C)NC(=O)[C@H](Cc1ccccc1)NC(=O)[C@@H](N)CO)C(=O)N[C@@H](CCCNC(N)=O)C(=O)O. The summed E-state index contributed by atoms with van der Waals surface area (Å²) in [5.74, 6) is -4.20. The van der Waals surface area contributed by atoms with Gasteiger partial charge in [0.15, 0.2) is 0 Å². The Morgan fingerprint density at radius 1 is 0.733 bits per heavy atom. The molecule has 0 spiro atoms. The second kappa shape index (κ2) is 19.9. The van der Waals surface area contributed by atoms with E-state index in [4.69, 9.17) is 11.5 Å². The van der Waals surface area contributed by atoms with Crippen LogP contribution in [-0.2, 0) is 30.4 Å². The molecule has 0 saturated heterocycles. The summed E-state index contributed by atoms with van der Waals surface area (Å²) < 4.78 is 0. The Labute approximate surface area is 263 Å². The number of carbonyl (C=O) groups excluding carboxylic acids is 5. The van der Waals surface area contributed by atoms with Gasteiger partial charge in [-0.05, 0) is 43.1 Å². The summed E-state index contributed by atoms with van der Waals surface area (Å²) in [6, 6.07) is 2.24. The summed E-state index contributed by atoms with van der Waals surface area (Å²) in [7, 11) is 0. The Bertz CT molecular complexity index is 1130. The molecule has 5 atom stereocenters. The van der Waals surface area contributed by atoms with Crippen molar-refractivity contribution in [3.05, 3.63) is 35.9 Å². The fraction of sp³-hybridized carbons (Fsp3) is 0.600. The van der Waals surface area contributed by atoms with Gasteiger partial charge in [-0.25, -0.2) is 9.59 Å². The zero-order valence-corrected chi connectivity index (χ0v) is 26.4. The molecule has 0 aliphatic carbocycles. The molecule has 6 amide bonds. The lowest BCUT2D eigenvalue weighted by atomic mass is 9.99. The van der Waals surface area contributed by atoms with E-state index < -0.39 is 72.4 Å². The minimum absolute atomic E-state index is 0.00416. The zero-order valence-electron chi connectivity index (χ0n) is 26.4. The third-order valence-corrected chi connectivity index (χ3v) is 6.71. The predicted octanol–water partition coefficient (Wildman–Crippen LogP) is -0.887. The average molecular weight is 636 g/mol. The number of aliphatic hydroxyl groups excluding tert-OH is 1. The molecule has 0 aliphatic rings. The summed E-state index contributed by atoms with van der Waals surface area (Å²) in [4.78, 5) is 75.4. The van der Waals surface area contributed by atoms with Crippen LogP contribution in [0.2, 0.25) is 0 Å². The van der Waals surface area contributed by atoms with Gasteiger partial charge in [-0.2, -0.15) is 0 Å². The maximum absolute atomic E-state index is 13.5. The first kappa shape index (κ1) is 38.8. The van der Waals surface area contributed by atoms with Crippen molar-refractivity contribution in [2.75, 3.05) is 13.2 Å². The summed E-state index contributed by atoms with van der Waals surface area (Å²) in [6.07, 6.45) is 0.691. The number of hydrogen-bond donors (Lipinski definition) is 9. The first-order valence-electron chi connectivity index (χ1n) is 15.0. The molecule has 0 fully saturated rings. The summed E-state index contributed by atoms with van der Waals surface area (Å²) in [5.41, 5.74) is 11.4. The van der Waals surface area contributed by atoms with Gasteiger partial charge in [0, 0.05) is 13.0 Å². The van der Waals surface area contributed by atoms with Crippen molar-refractivity contribution in [1.29, 1.82) is 0 Å². The molecule has 15 nitrogen and oxygen atoms in total. The number of amides is 6. The highest BCUT2D eigenvalue weighted by Crippen LogP contribution is 2.11. The van der Waals surface area contributed by atoms with Crippen molar-refractivity contribution >= 4 is 35.6 Å². The van der Waals surface area contributed by atoms with E-state index in [0.29, 0.717) is 0 Å². The fourth-order valence-corrected chi connectivity index (χ4v) is 4.42. The molecule has 0 heterocycles. The van der Waals surface area contributed by atoms with E-state index >= 15 is 0 Å².